The highest BCUT2D eigenvalue weighted by molar-refractivity contribution is 6.30. The molecule has 2 N–H and O–H groups in total. The first-order valence-electron chi connectivity index (χ1n) is 8.33. The predicted molar refractivity (Wildman–Crippen MR) is 109 cm³/mol. The molecular weight excluding hydrogens is 360 g/mol. The highest BCUT2D eigenvalue weighted by Gasteiger charge is 2.10. The molecule has 132 valence electrons. The van der Waals surface area contributed by atoms with Crippen molar-refractivity contribution in [1.82, 2.24) is 9.97 Å². The van der Waals surface area contributed by atoms with Crippen molar-refractivity contribution in [2.45, 2.75) is 0 Å². The summed E-state index contributed by atoms with van der Waals surface area (Å²) in [6, 6.07) is 20.1. The maximum absolute atomic E-state index is 12.7. The molecule has 0 aliphatic rings. The van der Waals surface area contributed by atoms with Crippen LogP contribution in [0.15, 0.2) is 79.1 Å². The summed E-state index contributed by atoms with van der Waals surface area (Å²) in [6.45, 7) is 0. The van der Waals surface area contributed by atoms with Crippen LogP contribution in [0.3, 0.4) is 0 Å². The molecule has 0 aliphatic carbocycles. The Morgan fingerprint density at radius 1 is 0.889 bits per heavy atom. The van der Waals surface area contributed by atoms with Gasteiger partial charge in [-0.25, -0.2) is 4.98 Å². The lowest BCUT2D eigenvalue weighted by Gasteiger charge is -2.10. The van der Waals surface area contributed by atoms with Gasteiger partial charge in [-0.3, -0.25) is 9.78 Å². The maximum Gasteiger partial charge on any atom is 0.255 e. The number of halogens is 1. The van der Waals surface area contributed by atoms with E-state index in [0.29, 0.717) is 22.1 Å². The van der Waals surface area contributed by atoms with E-state index in [1.165, 1.54) is 0 Å². The normalized spacial score (nSPS) is 10.6. The zero-order chi connectivity index (χ0) is 18.6. The van der Waals surface area contributed by atoms with E-state index >= 15 is 0 Å². The molecule has 0 saturated carbocycles. The van der Waals surface area contributed by atoms with Crippen molar-refractivity contribution < 1.29 is 4.79 Å². The molecule has 27 heavy (non-hydrogen) atoms. The summed E-state index contributed by atoms with van der Waals surface area (Å²) >= 11 is 5.90. The van der Waals surface area contributed by atoms with Crippen molar-refractivity contribution in [2.24, 2.45) is 0 Å². The average molecular weight is 375 g/mol. The minimum Gasteiger partial charge on any atom is -0.340 e. The number of aromatic nitrogens is 2. The third-order valence-electron chi connectivity index (χ3n) is 4.02. The molecule has 2 aromatic carbocycles. The summed E-state index contributed by atoms with van der Waals surface area (Å²) in [5.41, 5.74) is 2.75. The van der Waals surface area contributed by atoms with Gasteiger partial charge in [0, 0.05) is 34.1 Å². The minimum atomic E-state index is -0.227. The molecule has 0 atom stereocenters. The second kappa shape index (κ2) is 7.43. The van der Waals surface area contributed by atoms with E-state index in [1.807, 2.05) is 42.5 Å². The van der Waals surface area contributed by atoms with Gasteiger partial charge in [0.1, 0.15) is 5.82 Å². The Kier molecular flexibility index (Phi) is 4.68. The van der Waals surface area contributed by atoms with E-state index in [2.05, 4.69) is 20.6 Å². The number of hydrogen-bond acceptors (Lipinski definition) is 4. The number of carbonyl (C=O) groups is 1. The predicted octanol–water partition coefficient (Wildman–Crippen LogP) is 5.28. The number of hydrogen-bond donors (Lipinski definition) is 2. The van der Waals surface area contributed by atoms with Gasteiger partial charge in [-0.05, 0) is 48.5 Å². The average Bonchev–Trinajstić information content (AvgIpc) is 2.70. The third-order valence-corrected chi connectivity index (χ3v) is 4.27. The van der Waals surface area contributed by atoms with E-state index in [0.717, 1.165) is 16.6 Å². The Bertz CT molecular complexity index is 1110. The summed E-state index contributed by atoms with van der Waals surface area (Å²) in [6.07, 6.45) is 3.30. The van der Waals surface area contributed by atoms with E-state index in [1.54, 1.807) is 36.7 Å². The molecule has 5 nitrogen and oxygen atoms in total. The summed E-state index contributed by atoms with van der Waals surface area (Å²) in [7, 11) is 0. The van der Waals surface area contributed by atoms with Gasteiger partial charge in [0.15, 0.2) is 0 Å². The standard InChI is InChI=1S/C21H15ClN4O/c22-16-6-8-17(9-7-16)25-19-13-15(10-12-23-19)21(27)26-18-5-1-3-14-4-2-11-24-20(14)18/h1-13H,(H,23,25)(H,26,27). The van der Waals surface area contributed by atoms with Gasteiger partial charge in [0.05, 0.1) is 11.2 Å². The number of para-hydroxylation sites is 1. The number of fused-ring (bicyclic) bond motifs is 1. The van der Waals surface area contributed by atoms with Crippen LogP contribution in [0.25, 0.3) is 10.9 Å². The molecule has 2 aromatic heterocycles. The van der Waals surface area contributed by atoms with Crippen LogP contribution in [0.4, 0.5) is 17.2 Å². The van der Waals surface area contributed by atoms with Crippen LogP contribution in [0.2, 0.25) is 5.02 Å². The first-order chi connectivity index (χ1) is 13.2. The second-order valence-corrected chi connectivity index (χ2v) is 6.33. The summed E-state index contributed by atoms with van der Waals surface area (Å²) < 4.78 is 0. The first kappa shape index (κ1) is 17.0. The summed E-state index contributed by atoms with van der Waals surface area (Å²) in [5.74, 6) is 0.343. The fraction of sp³-hybridized carbons (Fsp3) is 0. The quantitative estimate of drug-likeness (QED) is 0.510. The van der Waals surface area contributed by atoms with Crippen LogP contribution in [0, 0.1) is 0 Å². The number of nitrogens with zero attached hydrogens (tertiary/aromatic N) is 2. The third kappa shape index (κ3) is 3.88. The molecule has 2 heterocycles. The molecule has 0 spiro atoms. The van der Waals surface area contributed by atoms with E-state index < -0.39 is 0 Å². The largest absolute Gasteiger partial charge is 0.340 e. The van der Waals surface area contributed by atoms with Gasteiger partial charge in [-0.1, -0.05) is 29.8 Å². The van der Waals surface area contributed by atoms with Gasteiger partial charge >= 0.3 is 0 Å². The van der Waals surface area contributed by atoms with Gasteiger partial charge in [-0.15, -0.1) is 0 Å². The maximum atomic E-state index is 12.7. The van der Waals surface area contributed by atoms with E-state index in [4.69, 9.17) is 11.6 Å². The van der Waals surface area contributed by atoms with Crippen molar-refractivity contribution in [1.29, 1.82) is 0 Å². The minimum absolute atomic E-state index is 0.227. The number of pyridine rings is 2. The molecule has 0 radical (unpaired) electrons. The fourth-order valence-corrected chi connectivity index (χ4v) is 2.85. The number of anilines is 3. The van der Waals surface area contributed by atoms with Crippen LogP contribution in [0.1, 0.15) is 10.4 Å². The van der Waals surface area contributed by atoms with Crippen LogP contribution < -0.4 is 10.6 Å². The zero-order valence-electron chi connectivity index (χ0n) is 14.2. The molecule has 0 unspecified atom stereocenters. The Morgan fingerprint density at radius 3 is 2.56 bits per heavy atom. The number of rotatable bonds is 4. The van der Waals surface area contributed by atoms with Crippen molar-refractivity contribution in [3.05, 3.63) is 89.7 Å². The van der Waals surface area contributed by atoms with Crippen LogP contribution in [0.5, 0.6) is 0 Å². The molecule has 0 fully saturated rings. The molecule has 0 aliphatic heterocycles. The van der Waals surface area contributed by atoms with Crippen molar-refractivity contribution >= 4 is 45.6 Å². The van der Waals surface area contributed by atoms with Crippen molar-refractivity contribution in [3.8, 4) is 0 Å². The lowest BCUT2D eigenvalue weighted by Crippen LogP contribution is -2.13. The monoisotopic (exact) mass is 374 g/mol. The second-order valence-electron chi connectivity index (χ2n) is 5.90. The molecule has 1 amide bonds. The smallest absolute Gasteiger partial charge is 0.255 e. The molecular formula is C21H15ClN4O. The zero-order valence-corrected chi connectivity index (χ0v) is 14.9. The van der Waals surface area contributed by atoms with E-state index in [-0.39, 0.29) is 5.91 Å². The van der Waals surface area contributed by atoms with Gasteiger partial charge in [0.25, 0.3) is 5.91 Å². The number of benzene rings is 2. The Balaban J connectivity index is 1.56. The van der Waals surface area contributed by atoms with Gasteiger partial charge < -0.3 is 10.6 Å². The number of carbonyl (C=O) groups excluding carboxylic acids is 1. The fourth-order valence-electron chi connectivity index (χ4n) is 2.72. The molecule has 0 saturated heterocycles. The molecule has 4 aromatic rings. The Labute approximate surface area is 161 Å². The van der Waals surface area contributed by atoms with Crippen LogP contribution in [-0.2, 0) is 0 Å². The number of nitrogens with one attached hydrogen (secondary N) is 2. The van der Waals surface area contributed by atoms with Crippen molar-refractivity contribution in [2.75, 3.05) is 10.6 Å². The Morgan fingerprint density at radius 2 is 1.70 bits per heavy atom. The lowest BCUT2D eigenvalue weighted by atomic mass is 10.1. The van der Waals surface area contributed by atoms with Crippen LogP contribution >= 0.6 is 11.6 Å². The molecule has 6 heteroatoms. The van der Waals surface area contributed by atoms with E-state index in [9.17, 15) is 4.79 Å². The summed E-state index contributed by atoms with van der Waals surface area (Å²) in [4.78, 5) is 21.3. The SMILES string of the molecule is O=C(Nc1cccc2cccnc12)c1ccnc(Nc2ccc(Cl)cc2)c1. The lowest BCUT2D eigenvalue weighted by molar-refractivity contribution is 0.102. The highest BCUT2D eigenvalue weighted by Crippen LogP contribution is 2.22. The Hall–Kier alpha value is -3.44. The first-order valence-corrected chi connectivity index (χ1v) is 8.70. The molecule has 0 bridgehead atoms. The highest BCUT2D eigenvalue weighted by atomic mass is 35.5. The number of amides is 1. The molecule has 4 rings (SSSR count). The van der Waals surface area contributed by atoms with Gasteiger partial charge in [0.2, 0.25) is 0 Å². The summed E-state index contributed by atoms with van der Waals surface area (Å²) in [5, 5.41) is 7.71. The van der Waals surface area contributed by atoms with Crippen molar-refractivity contribution in [3.63, 3.8) is 0 Å². The van der Waals surface area contributed by atoms with Crippen LogP contribution in [-0.4, -0.2) is 15.9 Å². The topological polar surface area (TPSA) is 66.9 Å². The van der Waals surface area contributed by atoms with Gasteiger partial charge in [-0.2, -0.15) is 0 Å².